The molecule has 2 nitrogen and oxygen atoms in total. The van der Waals surface area contributed by atoms with Crippen LogP contribution in [-0.2, 0) is 0 Å². The van der Waals surface area contributed by atoms with Gasteiger partial charge in [0.25, 0.3) is 0 Å². The second kappa shape index (κ2) is 1.80. The number of hydrogen-bond donors (Lipinski definition) is 1. The van der Waals surface area contributed by atoms with E-state index in [9.17, 15) is 0 Å². The molecule has 0 fully saturated rings. The van der Waals surface area contributed by atoms with Crippen molar-refractivity contribution in [2.24, 2.45) is 5.73 Å². The van der Waals surface area contributed by atoms with Crippen molar-refractivity contribution in [3.05, 3.63) is 29.7 Å². The standard InChI is InChI=1S/C5H7N2/c6-5-3-1-2-4-7-5/h1-5H,6H2/q-1. The fraction of sp³-hybridized carbons (Fsp3) is 0.200. The Morgan fingerprint density at radius 3 is 2.57 bits per heavy atom. The van der Waals surface area contributed by atoms with Crippen LogP contribution in [0.15, 0.2) is 24.4 Å². The van der Waals surface area contributed by atoms with Crippen LogP contribution in [0, 0.1) is 0 Å². The molecule has 0 saturated heterocycles. The van der Waals surface area contributed by atoms with Gasteiger partial charge >= 0.3 is 0 Å². The van der Waals surface area contributed by atoms with Crippen molar-refractivity contribution < 1.29 is 0 Å². The first-order valence-corrected chi connectivity index (χ1v) is 2.18. The third-order valence-electron chi connectivity index (χ3n) is 0.764. The molecule has 1 atom stereocenters. The maximum atomic E-state index is 5.33. The molecule has 0 saturated carbocycles. The van der Waals surface area contributed by atoms with Gasteiger partial charge in [0, 0.05) is 0 Å². The van der Waals surface area contributed by atoms with E-state index in [0.29, 0.717) is 0 Å². The van der Waals surface area contributed by atoms with Gasteiger partial charge in [-0.1, -0.05) is 24.4 Å². The SMILES string of the molecule is NC1C=CC=C[N-]1. The van der Waals surface area contributed by atoms with E-state index in [2.05, 4.69) is 5.32 Å². The first-order valence-electron chi connectivity index (χ1n) is 2.18. The second-order valence-corrected chi connectivity index (χ2v) is 1.37. The first kappa shape index (κ1) is 4.40. The molecule has 7 heavy (non-hydrogen) atoms. The van der Waals surface area contributed by atoms with Gasteiger partial charge in [-0.25, -0.2) is 0 Å². The summed E-state index contributed by atoms with van der Waals surface area (Å²) in [6.45, 7) is 0. The minimum atomic E-state index is -0.106. The molecule has 0 aromatic rings. The highest BCUT2D eigenvalue weighted by molar-refractivity contribution is 5.22. The first-order chi connectivity index (χ1) is 3.39. The van der Waals surface area contributed by atoms with Crippen LogP contribution < -0.4 is 5.73 Å². The molecule has 2 N–H and O–H groups in total. The number of allylic oxidation sites excluding steroid dienone is 2. The molecule has 2 heteroatoms. The van der Waals surface area contributed by atoms with Crippen molar-refractivity contribution >= 4 is 0 Å². The lowest BCUT2D eigenvalue weighted by molar-refractivity contribution is 0.982. The molecule has 0 amide bonds. The zero-order valence-electron chi connectivity index (χ0n) is 3.91. The van der Waals surface area contributed by atoms with Gasteiger partial charge in [0.05, 0.1) is 0 Å². The molecular formula is C5H7N2-. The Balaban J connectivity index is 2.49. The fourth-order valence-corrected chi connectivity index (χ4v) is 0.426. The van der Waals surface area contributed by atoms with Gasteiger partial charge in [0.15, 0.2) is 0 Å². The molecule has 1 rings (SSSR count). The van der Waals surface area contributed by atoms with Gasteiger partial charge in [-0.2, -0.15) is 6.20 Å². The summed E-state index contributed by atoms with van der Waals surface area (Å²) in [6.07, 6.45) is 7.16. The maximum absolute atomic E-state index is 5.33. The Labute approximate surface area is 42.7 Å². The summed E-state index contributed by atoms with van der Waals surface area (Å²) in [4.78, 5) is 0. The van der Waals surface area contributed by atoms with Crippen molar-refractivity contribution in [1.82, 2.24) is 0 Å². The Hall–Kier alpha value is -0.760. The lowest BCUT2D eigenvalue weighted by Crippen LogP contribution is -2.14. The molecule has 1 heterocycles. The van der Waals surface area contributed by atoms with Gasteiger partial charge in [0.2, 0.25) is 0 Å². The van der Waals surface area contributed by atoms with E-state index in [1.165, 1.54) is 0 Å². The summed E-state index contributed by atoms with van der Waals surface area (Å²) in [5.74, 6) is 0. The minimum Gasteiger partial charge on any atom is -0.673 e. The fourth-order valence-electron chi connectivity index (χ4n) is 0.426. The second-order valence-electron chi connectivity index (χ2n) is 1.37. The summed E-state index contributed by atoms with van der Waals surface area (Å²) in [7, 11) is 0. The molecule has 1 aliphatic rings. The van der Waals surface area contributed by atoms with E-state index >= 15 is 0 Å². The van der Waals surface area contributed by atoms with E-state index in [4.69, 9.17) is 5.73 Å². The van der Waals surface area contributed by atoms with Crippen LogP contribution in [0.3, 0.4) is 0 Å². The van der Waals surface area contributed by atoms with Gasteiger partial charge < -0.3 is 11.1 Å². The van der Waals surface area contributed by atoms with E-state index in [1.807, 2.05) is 18.2 Å². The molecule has 38 valence electrons. The monoisotopic (exact) mass is 95.1 g/mol. The number of nitrogens with zero attached hydrogens (tertiary/aromatic N) is 1. The largest absolute Gasteiger partial charge is 0.673 e. The van der Waals surface area contributed by atoms with Crippen LogP contribution in [0.5, 0.6) is 0 Å². The molecule has 0 aromatic heterocycles. The van der Waals surface area contributed by atoms with Gasteiger partial charge in [-0.05, 0) is 0 Å². The van der Waals surface area contributed by atoms with E-state index in [-0.39, 0.29) is 6.17 Å². The van der Waals surface area contributed by atoms with Gasteiger partial charge in [-0.3, -0.25) is 0 Å². The van der Waals surface area contributed by atoms with Gasteiger partial charge in [-0.15, -0.1) is 0 Å². The topological polar surface area (TPSA) is 40.1 Å². The van der Waals surface area contributed by atoms with E-state index in [0.717, 1.165) is 0 Å². The quantitative estimate of drug-likeness (QED) is 0.473. The summed E-state index contributed by atoms with van der Waals surface area (Å²) >= 11 is 0. The van der Waals surface area contributed by atoms with Crippen molar-refractivity contribution in [3.8, 4) is 0 Å². The third-order valence-corrected chi connectivity index (χ3v) is 0.764. The maximum Gasteiger partial charge on any atom is -0.0512 e. The Bertz CT molecular complexity index is 105. The Kier molecular flexibility index (Phi) is 1.13. The summed E-state index contributed by atoms with van der Waals surface area (Å²) in [6, 6.07) is 0. The van der Waals surface area contributed by atoms with E-state index < -0.39 is 0 Å². The summed E-state index contributed by atoms with van der Waals surface area (Å²) in [5.41, 5.74) is 5.33. The molecular weight excluding hydrogens is 88.1 g/mol. The zero-order valence-corrected chi connectivity index (χ0v) is 3.91. The average molecular weight is 95.1 g/mol. The Morgan fingerprint density at radius 1 is 1.43 bits per heavy atom. The zero-order chi connectivity index (χ0) is 5.11. The average Bonchev–Trinajstić information content (AvgIpc) is 1.69. The molecule has 0 radical (unpaired) electrons. The predicted octanol–water partition coefficient (Wildman–Crippen LogP) is 0.728. The molecule has 0 aromatic carbocycles. The van der Waals surface area contributed by atoms with Crippen LogP contribution in [0.4, 0.5) is 0 Å². The van der Waals surface area contributed by atoms with Crippen LogP contribution in [0.1, 0.15) is 0 Å². The highest BCUT2D eigenvalue weighted by Gasteiger charge is 1.78. The van der Waals surface area contributed by atoms with Crippen LogP contribution >= 0.6 is 0 Å². The lowest BCUT2D eigenvalue weighted by Gasteiger charge is -2.23. The normalized spacial score (nSPS) is 27.3. The van der Waals surface area contributed by atoms with Crippen molar-refractivity contribution in [3.63, 3.8) is 0 Å². The summed E-state index contributed by atoms with van der Waals surface area (Å²) in [5, 5.41) is 3.84. The number of rotatable bonds is 0. The van der Waals surface area contributed by atoms with Crippen molar-refractivity contribution in [2.75, 3.05) is 0 Å². The smallest absolute Gasteiger partial charge is 0.0512 e. The van der Waals surface area contributed by atoms with Crippen LogP contribution in [0.2, 0.25) is 0 Å². The Morgan fingerprint density at radius 2 is 2.29 bits per heavy atom. The summed E-state index contributed by atoms with van der Waals surface area (Å²) < 4.78 is 0. The molecule has 0 bridgehead atoms. The van der Waals surface area contributed by atoms with Crippen LogP contribution in [-0.4, -0.2) is 6.17 Å². The van der Waals surface area contributed by atoms with Gasteiger partial charge in [0.1, 0.15) is 0 Å². The highest BCUT2D eigenvalue weighted by Crippen LogP contribution is 2.01. The van der Waals surface area contributed by atoms with Crippen molar-refractivity contribution in [2.45, 2.75) is 6.17 Å². The number of hydrogen-bond acceptors (Lipinski definition) is 1. The van der Waals surface area contributed by atoms with Crippen LogP contribution in [0.25, 0.3) is 5.32 Å². The predicted molar refractivity (Wildman–Crippen MR) is 29.6 cm³/mol. The molecule has 0 spiro atoms. The molecule has 1 unspecified atom stereocenters. The molecule has 0 aliphatic carbocycles. The minimum absolute atomic E-state index is 0.106. The molecule has 1 aliphatic heterocycles. The van der Waals surface area contributed by atoms with Crippen molar-refractivity contribution in [1.29, 1.82) is 0 Å². The van der Waals surface area contributed by atoms with E-state index in [1.54, 1.807) is 6.20 Å². The highest BCUT2D eigenvalue weighted by atomic mass is 15.0. The lowest BCUT2D eigenvalue weighted by atomic mass is 10.3. The number of nitrogens with two attached hydrogens (primary N) is 1. The third kappa shape index (κ3) is 1.05.